The zero-order valence-electron chi connectivity index (χ0n) is 14.8. The van der Waals surface area contributed by atoms with E-state index in [1.165, 1.54) is 43.8 Å². The summed E-state index contributed by atoms with van der Waals surface area (Å²) >= 11 is 0. The minimum Gasteiger partial charge on any atom is -0.466 e. The highest BCUT2D eigenvalue weighted by molar-refractivity contribution is 6.03. The van der Waals surface area contributed by atoms with Crippen LogP contribution in [0.3, 0.4) is 0 Å². The number of esters is 1. The Bertz CT molecular complexity index is 947. The molecule has 8 heteroatoms. The zero-order chi connectivity index (χ0) is 19.9. The molecule has 28 heavy (non-hydrogen) atoms. The minimum atomic E-state index is -1.04. The first-order chi connectivity index (χ1) is 13.6. The monoisotopic (exact) mass is 381 g/mol. The van der Waals surface area contributed by atoms with Gasteiger partial charge in [-0.05, 0) is 24.3 Å². The second-order valence-electron chi connectivity index (χ2n) is 5.65. The van der Waals surface area contributed by atoms with Crippen molar-refractivity contribution in [3.63, 3.8) is 0 Å². The molecule has 1 heterocycles. The summed E-state index contributed by atoms with van der Waals surface area (Å²) in [6, 6.07) is 14.0. The third-order valence-electron chi connectivity index (χ3n) is 3.73. The Kier molecular flexibility index (Phi) is 5.91. The van der Waals surface area contributed by atoms with E-state index in [9.17, 15) is 14.0 Å². The van der Waals surface area contributed by atoms with Gasteiger partial charge in [-0.1, -0.05) is 30.3 Å². The number of hydrogen-bond acceptors (Lipinski definition) is 6. The van der Waals surface area contributed by atoms with Crippen molar-refractivity contribution in [3.8, 4) is 6.01 Å². The molecule has 7 nitrogen and oxygen atoms in total. The molecule has 0 aliphatic heterocycles. The fraction of sp³-hybridized carbons (Fsp3) is 0.100. The molecule has 0 aliphatic rings. The normalized spacial score (nSPS) is 11.4. The topological polar surface area (TPSA) is 90.4 Å². The molecular formula is C20H16FN3O4. The summed E-state index contributed by atoms with van der Waals surface area (Å²) in [5.74, 6) is -1.47. The summed E-state index contributed by atoms with van der Waals surface area (Å²) < 4.78 is 23.2. The first-order valence-electron chi connectivity index (χ1n) is 8.25. The fourth-order valence-corrected chi connectivity index (χ4v) is 2.32. The number of methoxy groups -OCH3 is 1. The number of halogens is 1. The lowest BCUT2D eigenvalue weighted by Crippen LogP contribution is -2.21. The van der Waals surface area contributed by atoms with Gasteiger partial charge >= 0.3 is 12.0 Å². The SMILES string of the molecule is COC(=O)C(Oc1ncc(C(=O)Nc2ccc(F)cc2)cn1)c1ccccc1. The maximum atomic E-state index is 12.9. The van der Waals surface area contributed by atoms with Crippen LogP contribution in [0.25, 0.3) is 0 Å². The van der Waals surface area contributed by atoms with Crippen LogP contribution in [0.4, 0.5) is 10.1 Å². The van der Waals surface area contributed by atoms with Crippen molar-refractivity contribution >= 4 is 17.6 Å². The molecule has 1 N–H and O–H groups in total. The average molecular weight is 381 g/mol. The molecule has 0 radical (unpaired) electrons. The van der Waals surface area contributed by atoms with Crippen LogP contribution in [0, 0.1) is 5.82 Å². The molecule has 1 aromatic heterocycles. The van der Waals surface area contributed by atoms with Crippen LogP contribution in [-0.4, -0.2) is 29.0 Å². The van der Waals surface area contributed by atoms with Gasteiger partial charge in [-0.25, -0.2) is 19.2 Å². The molecule has 0 saturated carbocycles. The van der Waals surface area contributed by atoms with Crippen LogP contribution >= 0.6 is 0 Å². The summed E-state index contributed by atoms with van der Waals surface area (Å²) in [5.41, 5.74) is 1.18. The van der Waals surface area contributed by atoms with Gasteiger partial charge in [0.05, 0.1) is 12.7 Å². The quantitative estimate of drug-likeness (QED) is 0.660. The number of anilines is 1. The molecule has 0 spiro atoms. The van der Waals surface area contributed by atoms with Gasteiger partial charge in [0.25, 0.3) is 5.91 Å². The Balaban J connectivity index is 1.71. The van der Waals surface area contributed by atoms with Crippen molar-refractivity contribution in [2.75, 3.05) is 12.4 Å². The number of hydrogen-bond donors (Lipinski definition) is 1. The Morgan fingerprint density at radius 3 is 2.25 bits per heavy atom. The van der Waals surface area contributed by atoms with Crippen LogP contribution < -0.4 is 10.1 Å². The molecule has 0 fully saturated rings. The molecule has 0 saturated heterocycles. The Labute approximate surface area is 160 Å². The summed E-state index contributed by atoms with van der Waals surface area (Å²) in [5, 5.41) is 2.60. The first-order valence-corrected chi connectivity index (χ1v) is 8.25. The van der Waals surface area contributed by atoms with E-state index in [4.69, 9.17) is 9.47 Å². The van der Waals surface area contributed by atoms with E-state index < -0.39 is 23.8 Å². The van der Waals surface area contributed by atoms with Crippen LogP contribution in [-0.2, 0) is 9.53 Å². The Hall–Kier alpha value is -3.81. The minimum absolute atomic E-state index is 0.0856. The number of nitrogens with one attached hydrogen (secondary N) is 1. The summed E-state index contributed by atoms with van der Waals surface area (Å²) in [4.78, 5) is 32.2. The maximum Gasteiger partial charge on any atom is 0.351 e. The van der Waals surface area contributed by atoms with Gasteiger partial charge in [0.1, 0.15) is 5.82 Å². The molecule has 2 aromatic carbocycles. The van der Waals surface area contributed by atoms with Gasteiger partial charge in [0.15, 0.2) is 0 Å². The summed E-state index contributed by atoms with van der Waals surface area (Å²) in [6.45, 7) is 0. The van der Waals surface area contributed by atoms with Crippen molar-refractivity contribution < 1.29 is 23.5 Å². The van der Waals surface area contributed by atoms with E-state index in [1.807, 2.05) is 6.07 Å². The van der Waals surface area contributed by atoms with E-state index in [0.29, 0.717) is 11.3 Å². The molecule has 1 amide bonds. The Morgan fingerprint density at radius 1 is 1.00 bits per heavy atom. The largest absolute Gasteiger partial charge is 0.466 e. The number of carbonyl (C=O) groups excluding carboxylic acids is 2. The van der Waals surface area contributed by atoms with Gasteiger partial charge < -0.3 is 14.8 Å². The molecule has 1 atom stereocenters. The molecule has 3 aromatic rings. The van der Waals surface area contributed by atoms with Gasteiger partial charge in [0, 0.05) is 23.6 Å². The first kappa shape index (κ1) is 19.0. The van der Waals surface area contributed by atoms with E-state index in [0.717, 1.165) is 0 Å². The molecule has 142 valence electrons. The second-order valence-corrected chi connectivity index (χ2v) is 5.65. The van der Waals surface area contributed by atoms with E-state index in [2.05, 4.69) is 15.3 Å². The highest BCUT2D eigenvalue weighted by Crippen LogP contribution is 2.20. The molecular weight excluding hydrogens is 365 g/mol. The third-order valence-corrected chi connectivity index (χ3v) is 3.73. The van der Waals surface area contributed by atoms with Gasteiger partial charge in [-0.15, -0.1) is 0 Å². The predicted octanol–water partition coefficient (Wildman–Crippen LogP) is 3.16. The number of amides is 1. The fourth-order valence-electron chi connectivity index (χ4n) is 2.32. The number of aromatic nitrogens is 2. The zero-order valence-corrected chi connectivity index (χ0v) is 14.8. The standard InChI is InChI=1S/C20H16FN3O4/c1-27-19(26)17(13-5-3-2-4-6-13)28-20-22-11-14(12-23-20)18(25)24-16-9-7-15(21)8-10-16/h2-12,17H,1H3,(H,24,25). The Morgan fingerprint density at radius 2 is 1.64 bits per heavy atom. The number of ether oxygens (including phenoxy) is 2. The van der Waals surface area contributed by atoms with E-state index in [1.54, 1.807) is 24.3 Å². The molecule has 0 aliphatic carbocycles. The third kappa shape index (κ3) is 4.67. The lowest BCUT2D eigenvalue weighted by molar-refractivity contribution is -0.149. The van der Waals surface area contributed by atoms with Crippen LogP contribution in [0.15, 0.2) is 67.0 Å². The van der Waals surface area contributed by atoms with Crippen LogP contribution in [0.5, 0.6) is 6.01 Å². The van der Waals surface area contributed by atoms with Crippen molar-refractivity contribution in [2.45, 2.75) is 6.10 Å². The number of carbonyl (C=O) groups is 2. The number of rotatable bonds is 6. The number of benzene rings is 2. The smallest absolute Gasteiger partial charge is 0.351 e. The van der Waals surface area contributed by atoms with Gasteiger partial charge in [-0.2, -0.15) is 0 Å². The van der Waals surface area contributed by atoms with Crippen molar-refractivity contribution in [2.24, 2.45) is 0 Å². The highest BCUT2D eigenvalue weighted by atomic mass is 19.1. The van der Waals surface area contributed by atoms with Crippen LogP contribution in [0.2, 0.25) is 0 Å². The predicted molar refractivity (Wildman–Crippen MR) is 98.2 cm³/mol. The summed E-state index contributed by atoms with van der Waals surface area (Å²) in [7, 11) is 1.26. The van der Waals surface area contributed by atoms with Crippen molar-refractivity contribution in [3.05, 3.63) is 83.9 Å². The van der Waals surface area contributed by atoms with E-state index in [-0.39, 0.29) is 11.6 Å². The van der Waals surface area contributed by atoms with Crippen LogP contribution in [0.1, 0.15) is 22.0 Å². The van der Waals surface area contributed by atoms with Crippen molar-refractivity contribution in [1.82, 2.24) is 9.97 Å². The lowest BCUT2D eigenvalue weighted by Gasteiger charge is -2.15. The van der Waals surface area contributed by atoms with Gasteiger partial charge in [0.2, 0.25) is 6.10 Å². The van der Waals surface area contributed by atoms with E-state index >= 15 is 0 Å². The number of nitrogens with zero attached hydrogens (tertiary/aromatic N) is 2. The maximum absolute atomic E-state index is 12.9. The molecule has 1 unspecified atom stereocenters. The molecule has 0 bridgehead atoms. The highest BCUT2D eigenvalue weighted by Gasteiger charge is 2.24. The second kappa shape index (κ2) is 8.72. The van der Waals surface area contributed by atoms with Crippen molar-refractivity contribution in [1.29, 1.82) is 0 Å². The summed E-state index contributed by atoms with van der Waals surface area (Å²) in [6.07, 6.45) is 1.49. The molecule has 3 rings (SSSR count). The average Bonchev–Trinajstić information content (AvgIpc) is 2.74. The van der Waals surface area contributed by atoms with Gasteiger partial charge in [-0.3, -0.25) is 4.79 Å². The lowest BCUT2D eigenvalue weighted by atomic mass is 10.1.